The predicted octanol–water partition coefficient (Wildman–Crippen LogP) is 0.133. The first-order valence-corrected chi connectivity index (χ1v) is 7.23. The lowest BCUT2D eigenvalue weighted by molar-refractivity contribution is -0.144. The molecule has 0 aromatic rings. The van der Waals surface area contributed by atoms with Crippen LogP contribution in [0.2, 0.25) is 0 Å². The van der Waals surface area contributed by atoms with E-state index in [1.54, 1.807) is 20.8 Å². The van der Waals surface area contributed by atoms with Crippen molar-refractivity contribution in [2.75, 3.05) is 18.1 Å². The van der Waals surface area contributed by atoms with Crippen LogP contribution >= 0.6 is 0 Å². The summed E-state index contributed by atoms with van der Waals surface area (Å²) in [6, 6.07) is -0.338. The van der Waals surface area contributed by atoms with Crippen molar-refractivity contribution in [3.8, 4) is 0 Å². The molecule has 0 rings (SSSR count). The maximum absolute atomic E-state index is 11.7. The van der Waals surface area contributed by atoms with Crippen LogP contribution in [0.15, 0.2) is 0 Å². The van der Waals surface area contributed by atoms with Gasteiger partial charge in [-0.15, -0.1) is 0 Å². The highest BCUT2D eigenvalue weighted by molar-refractivity contribution is 7.92. The lowest BCUT2D eigenvalue weighted by atomic mass is 10.3. The first-order chi connectivity index (χ1) is 7.69. The van der Waals surface area contributed by atoms with Gasteiger partial charge in [0.1, 0.15) is 12.3 Å². The molecule has 6 nitrogen and oxygen atoms in total. The van der Waals surface area contributed by atoms with Gasteiger partial charge in [0.25, 0.3) is 0 Å². The molecule has 7 heteroatoms. The molecule has 0 aromatic carbocycles. The van der Waals surface area contributed by atoms with E-state index in [0.717, 1.165) is 4.90 Å². The molecular formula is C10H19NO5S. The number of amides is 1. The van der Waals surface area contributed by atoms with Crippen molar-refractivity contribution in [2.24, 2.45) is 0 Å². The molecule has 1 amide bonds. The summed E-state index contributed by atoms with van der Waals surface area (Å²) in [6.07, 6.45) is 0.441. The molecule has 0 aliphatic heterocycles. The first kappa shape index (κ1) is 15.9. The summed E-state index contributed by atoms with van der Waals surface area (Å²) >= 11 is 0. The smallest absolute Gasteiger partial charge is 0.323 e. The third-order valence-electron chi connectivity index (χ3n) is 2.11. The van der Waals surface area contributed by atoms with Gasteiger partial charge in [-0.2, -0.15) is 0 Å². The number of aliphatic carboxylic acids is 1. The van der Waals surface area contributed by atoms with Crippen molar-refractivity contribution < 1.29 is 23.1 Å². The molecule has 0 aliphatic carbocycles. The molecule has 0 bridgehead atoms. The SMILES string of the molecule is CCCS(=O)(=O)CC(=O)N(CC(=O)O)C(C)C. The van der Waals surface area contributed by atoms with Crippen LogP contribution in [0.4, 0.5) is 0 Å². The summed E-state index contributed by atoms with van der Waals surface area (Å²) in [5.74, 6) is -2.49. The number of carboxylic acid groups (broad SMARTS) is 1. The monoisotopic (exact) mass is 265 g/mol. The van der Waals surface area contributed by atoms with E-state index >= 15 is 0 Å². The van der Waals surface area contributed by atoms with Crippen LogP contribution in [-0.2, 0) is 19.4 Å². The van der Waals surface area contributed by atoms with Gasteiger partial charge < -0.3 is 10.0 Å². The molecule has 0 fully saturated rings. The standard InChI is InChI=1S/C10H19NO5S/c1-4-5-17(15,16)7-9(12)11(8(2)3)6-10(13)14/h8H,4-7H2,1-3H3,(H,13,14). The van der Waals surface area contributed by atoms with Crippen molar-refractivity contribution in [3.05, 3.63) is 0 Å². The largest absolute Gasteiger partial charge is 0.480 e. The normalized spacial score (nSPS) is 11.5. The fourth-order valence-electron chi connectivity index (χ4n) is 1.36. The van der Waals surface area contributed by atoms with Crippen LogP contribution < -0.4 is 0 Å². The van der Waals surface area contributed by atoms with Gasteiger partial charge in [-0.3, -0.25) is 9.59 Å². The Balaban J connectivity index is 4.70. The van der Waals surface area contributed by atoms with Gasteiger partial charge in [-0.1, -0.05) is 6.92 Å². The van der Waals surface area contributed by atoms with E-state index < -0.39 is 34.0 Å². The van der Waals surface area contributed by atoms with Gasteiger partial charge in [-0.25, -0.2) is 8.42 Å². The van der Waals surface area contributed by atoms with Gasteiger partial charge in [0.05, 0.1) is 5.75 Å². The fraction of sp³-hybridized carbons (Fsp3) is 0.800. The predicted molar refractivity (Wildman–Crippen MR) is 63.4 cm³/mol. The Morgan fingerprint density at radius 1 is 1.29 bits per heavy atom. The number of sulfone groups is 1. The highest BCUT2D eigenvalue weighted by Crippen LogP contribution is 2.03. The van der Waals surface area contributed by atoms with Crippen LogP contribution in [0.1, 0.15) is 27.2 Å². The van der Waals surface area contributed by atoms with E-state index in [0.29, 0.717) is 6.42 Å². The zero-order valence-corrected chi connectivity index (χ0v) is 11.2. The number of carbonyl (C=O) groups is 2. The molecule has 0 saturated carbocycles. The topological polar surface area (TPSA) is 91.8 Å². The highest BCUT2D eigenvalue weighted by Gasteiger charge is 2.24. The van der Waals surface area contributed by atoms with Crippen LogP contribution in [0.25, 0.3) is 0 Å². The minimum atomic E-state index is -3.43. The number of rotatable bonds is 7. The quantitative estimate of drug-likeness (QED) is 0.706. The Morgan fingerprint density at radius 2 is 1.82 bits per heavy atom. The van der Waals surface area contributed by atoms with Gasteiger partial charge >= 0.3 is 5.97 Å². The van der Waals surface area contributed by atoms with Crippen molar-refractivity contribution >= 4 is 21.7 Å². The van der Waals surface area contributed by atoms with E-state index in [4.69, 9.17) is 5.11 Å². The van der Waals surface area contributed by atoms with Crippen molar-refractivity contribution in [1.29, 1.82) is 0 Å². The Kier molecular flexibility index (Phi) is 6.15. The van der Waals surface area contributed by atoms with Gasteiger partial charge in [-0.05, 0) is 20.3 Å². The summed E-state index contributed by atoms with van der Waals surface area (Å²) in [6.45, 7) is 4.53. The molecule has 0 saturated heterocycles. The molecule has 100 valence electrons. The molecule has 0 atom stereocenters. The number of carbonyl (C=O) groups excluding carboxylic acids is 1. The molecule has 0 unspecified atom stereocenters. The van der Waals surface area contributed by atoms with E-state index in [1.165, 1.54) is 0 Å². The van der Waals surface area contributed by atoms with Crippen LogP contribution in [0.5, 0.6) is 0 Å². The lowest BCUT2D eigenvalue weighted by Crippen LogP contribution is -2.43. The average Bonchev–Trinajstić information content (AvgIpc) is 2.12. The molecule has 0 heterocycles. The van der Waals surface area contributed by atoms with E-state index in [2.05, 4.69) is 0 Å². The number of hydrogen-bond donors (Lipinski definition) is 1. The zero-order chi connectivity index (χ0) is 13.6. The summed E-state index contributed by atoms with van der Waals surface area (Å²) in [5.41, 5.74) is 0. The Labute approximate surface area is 102 Å². The summed E-state index contributed by atoms with van der Waals surface area (Å²) in [7, 11) is -3.43. The van der Waals surface area contributed by atoms with E-state index in [-0.39, 0.29) is 11.8 Å². The minimum Gasteiger partial charge on any atom is -0.480 e. The van der Waals surface area contributed by atoms with Crippen molar-refractivity contribution in [1.82, 2.24) is 4.90 Å². The second-order valence-corrected chi connectivity index (χ2v) is 6.29. The number of carboxylic acids is 1. The third-order valence-corrected chi connectivity index (χ3v) is 3.82. The van der Waals surface area contributed by atoms with Crippen LogP contribution in [0, 0.1) is 0 Å². The number of nitrogens with zero attached hydrogens (tertiary/aromatic N) is 1. The summed E-state index contributed by atoms with van der Waals surface area (Å²) < 4.78 is 22.9. The third kappa shape index (κ3) is 6.25. The van der Waals surface area contributed by atoms with Gasteiger partial charge in [0, 0.05) is 6.04 Å². The van der Waals surface area contributed by atoms with Crippen molar-refractivity contribution in [3.63, 3.8) is 0 Å². The fourth-order valence-corrected chi connectivity index (χ4v) is 2.67. The molecule has 0 radical (unpaired) electrons. The minimum absolute atomic E-state index is 0.0578. The molecule has 17 heavy (non-hydrogen) atoms. The second kappa shape index (κ2) is 6.58. The van der Waals surface area contributed by atoms with Crippen LogP contribution in [0.3, 0.4) is 0 Å². The summed E-state index contributed by atoms with van der Waals surface area (Å²) in [4.78, 5) is 23.3. The Bertz CT molecular complexity index is 374. The molecule has 0 aromatic heterocycles. The average molecular weight is 265 g/mol. The van der Waals surface area contributed by atoms with E-state index in [1.807, 2.05) is 0 Å². The Hall–Kier alpha value is -1.11. The number of hydrogen-bond acceptors (Lipinski definition) is 4. The molecule has 0 spiro atoms. The highest BCUT2D eigenvalue weighted by atomic mass is 32.2. The molecular weight excluding hydrogens is 246 g/mol. The maximum atomic E-state index is 11.7. The molecule has 1 N–H and O–H groups in total. The summed E-state index contributed by atoms with van der Waals surface area (Å²) in [5, 5.41) is 8.64. The van der Waals surface area contributed by atoms with Gasteiger partial charge in [0.2, 0.25) is 5.91 Å². The maximum Gasteiger partial charge on any atom is 0.323 e. The van der Waals surface area contributed by atoms with E-state index in [9.17, 15) is 18.0 Å². The Morgan fingerprint density at radius 3 is 2.18 bits per heavy atom. The zero-order valence-electron chi connectivity index (χ0n) is 10.3. The van der Waals surface area contributed by atoms with Crippen LogP contribution in [-0.4, -0.2) is 54.4 Å². The second-order valence-electron chi connectivity index (χ2n) is 4.10. The molecule has 0 aliphatic rings. The first-order valence-electron chi connectivity index (χ1n) is 5.41. The van der Waals surface area contributed by atoms with Crippen molar-refractivity contribution in [2.45, 2.75) is 33.2 Å². The lowest BCUT2D eigenvalue weighted by Gasteiger charge is -2.24. The van der Waals surface area contributed by atoms with Gasteiger partial charge in [0.15, 0.2) is 9.84 Å².